The van der Waals surface area contributed by atoms with Crippen LogP contribution in [0.4, 0.5) is 5.69 Å². The summed E-state index contributed by atoms with van der Waals surface area (Å²) in [7, 11) is 0. The van der Waals surface area contributed by atoms with Gasteiger partial charge in [-0.2, -0.15) is 0 Å². The summed E-state index contributed by atoms with van der Waals surface area (Å²) in [6.45, 7) is 2.42. The number of aliphatic carboxylic acids is 1. The largest absolute Gasteiger partial charge is 0.480 e. The van der Waals surface area contributed by atoms with E-state index < -0.39 is 16.8 Å². The van der Waals surface area contributed by atoms with E-state index in [0.717, 1.165) is 19.4 Å². The van der Waals surface area contributed by atoms with Crippen LogP contribution in [0.5, 0.6) is 0 Å². The van der Waals surface area contributed by atoms with Crippen LogP contribution in [0.2, 0.25) is 0 Å². The number of hydrogen-bond donors (Lipinski definition) is 2. The van der Waals surface area contributed by atoms with Crippen LogP contribution in [0.1, 0.15) is 41.6 Å². The van der Waals surface area contributed by atoms with Crippen molar-refractivity contribution in [3.05, 3.63) is 39.4 Å². The molecule has 0 aromatic heterocycles. The number of carboxylic acids is 1. The first-order valence-corrected chi connectivity index (χ1v) is 8.86. The molecule has 8 nitrogen and oxygen atoms in total. The SMILES string of the molecule is Cc1cccc(C(=O)NC2CC(N(CC(=O)O)CC3CC3)C2)c1[N+](=O)[O-]. The second-order valence-corrected chi connectivity index (χ2v) is 7.29. The number of amides is 1. The summed E-state index contributed by atoms with van der Waals surface area (Å²) in [4.78, 5) is 36.2. The number of benzene rings is 1. The van der Waals surface area contributed by atoms with E-state index in [-0.39, 0.29) is 29.9 Å². The Bertz CT molecular complexity index is 726. The second kappa shape index (κ2) is 7.41. The quantitative estimate of drug-likeness (QED) is 0.541. The molecule has 2 fully saturated rings. The highest BCUT2D eigenvalue weighted by Crippen LogP contribution is 2.34. The minimum Gasteiger partial charge on any atom is -0.480 e. The zero-order chi connectivity index (χ0) is 18.8. The van der Waals surface area contributed by atoms with Gasteiger partial charge in [-0.3, -0.25) is 24.6 Å². The van der Waals surface area contributed by atoms with Gasteiger partial charge in [-0.1, -0.05) is 12.1 Å². The lowest BCUT2D eigenvalue weighted by molar-refractivity contribution is -0.385. The van der Waals surface area contributed by atoms with Crippen molar-refractivity contribution in [2.45, 2.75) is 44.7 Å². The Morgan fingerprint density at radius 1 is 1.35 bits per heavy atom. The summed E-state index contributed by atoms with van der Waals surface area (Å²) in [5.41, 5.74) is 0.354. The van der Waals surface area contributed by atoms with E-state index in [9.17, 15) is 19.7 Å². The molecule has 26 heavy (non-hydrogen) atoms. The van der Waals surface area contributed by atoms with Crippen molar-refractivity contribution < 1.29 is 19.6 Å². The average Bonchev–Trinajstić information content (AvgIpc) is 3.32. The predicted molar refractivity (Wildman–Crippen MR) is 94.0 cm³/mol. The van der Waals surface area contributed by atoms with Crippen molar-refractivity contribution in [1.82, 2.24) is 10.2 Å². The molecular formula is C18H23N3O5. The van der Waals surface area contributed by atoms with Crippen LogP contribution in [0.25, 0.3) is 0 Å². The van der Waals surface area contributed by atoms with E-state index in [1.807, 2.05) is 4.90 Å². The van der Waals surface area contributed by atoms with Crippen LogP contribution in [0.3, 0.4) is 0 Å². The van der Waals surface area contributed by atoms with Crippen LogP contribution in [0, 0.1) is 23.0 Å². The number of carbonyl (C=O) groups is 2. The first kappa shape index (κ1) is 18.3. The lowest BCUT2D eigenvalue weighted by Gasteiger charge is -2.42. The van der Waals surface area contributed by atoms with Crippen molar-refractivity contribution >= 4 is 17.6 Å². The number of nitrogens with zero attached hydrogens (tertiary/aromatic N) is 2. The maximum atomic E-state index is 12.4. The molecule has 140 valence electrons. The Morgan fingerprint density at radius 3 is 2.62 bits per heavy atom. The molecule has 2 aliphatic carbocycles. The Kier molecular flexibility index (Phi) is 5.22. The third-order valence-corrected chi connectivity index (χ3v) is 5.16. The molecule has 0 saturated heterocycles. The summed E-state index contributed by atoms with van der Waals surface area (Å²) in [5, 5.41) is 23.2. The third kappa shape index (κ3) is 4.19. The molecule has 1 aromatic carbocycles. The standard InChI is InChI=1S/C18H23N3O5/c1-11-3-2-4-15(17(11)21(25)26)18(24)19-13-7-14(8-13)20(10-16(22)23)9-12-5-6-12/h2-4,12-14H,5-10H2,1H3,(H,19,24)(H,22,23). The first-order chi connectivity index (χ1) is 12.3. The number of para-hydroxylation sites is 1. The summed E-state index contributed by atoms with van der Waals surface area (Å²) in [6.07, 6.45) is 3.65. The number of hydrogen-bond acceptors (Lipinski definition) is 5. The number of aryl methyl sites for hydroxylation is 1. The smallest absolute Gasteiger partial charge is 0.317 e. The highest BCUT2D eigenvalue weighted by molar-refractivity contribution is 5.98. The van der Waals surface area contributed by atoms with Crippen LogP contribution >= 0.6 is 0 Å². The zero-order valence-corrected chi connectivity index (χ0v) is 14.7. The first-order valence-electron chi connectivity index (χ1n) is 8.86. The van der Waals surface area contributed by atoms with Crippen LogP contribution < -0.4 is 5.32 Å². The topological polar surface area (TPSA) is 113 Å². The van der Waals surface area contributed by atoms with E-state index >= 15 is 0 Å². The molecule has 1 aromatic rings. The highest BCUT2D eigenvalue weighted by Gasteiger charge is 2.38. The van der Waals surface area contributed by atoms with Crippen LogP contribution in [-0.4, -0.2) is 52.0 Å². The van der Waals surface area contributed by atoms with Gasteiger partial charge in [-0.25, -0.2) is 0 Å². The summed E-state index contributed by atoms with van der Waals surface area (Å²) < 4.78 is 0. The maximum Gasteiger partial charge on any atom is 0.317 e. The fourth-order valence-electron chi connectivity index (χ4n) is 3.50. The molecule has 0 heterocycles. The fourth-order valence-corrected chi connectivity index (χ4v) is 3.50. The maximum absolute atomic E-state index is 12.4. The number of carboxylic acid groups (broad SMARTS) is 1. The van der Waals surface area contributed by atoms with E-state index in [1.54, 1.807) is 19.1 Å². The molecule has 8 heteroatoms. The number of nitro benzene ring substituents is 1. The van der Waals surface area contributed by atoms with E-state index in [4.69, 9.17) is 5.11 Å². The second-order valence-electron chi connectivity index (χ2n) is 7.29. The monoisotopic (exact) mass is 361 g/mol. The molecule has 0 radical (unpaired) electrons. The zero-order valence-electron chi connectivity index (χ0n) is 14.7. The molecule has 3 rings (SSSR count). The van der Waals surface area contributed by atoms with Gasteiger partial charge in [0.05, 0.1) is 11.5 Å². The Hall–Kier alpha value is -2.48. The van der Waals surface area contributed by atoms with Gasteiger partial charge in [0.25, 0.3) is 11.6 Å². The molecule has 0 bridgehead atoms. The average molecular weight is 361 g/mol. The minimum absolute atomic E-state index is 0.0190. The lowest BCUT2D eigenvalue weighted by atomic mass is 9.85. The van der Waals surface area contributed by atoms with Gasteiger partial charge < -0.3 is 10.4 Å². The molecule has 0 atom stereocenters. The van der Waals surface area contributed by atoms with E-state index in [0.29, 0.717) is 24.3 Å². The van der Waals surface area contributed by atoms with Gasteiger partial charge in [-0.15, -0.1) is 0 Å². The van der Waals surface area contributed by atoms with Gasteiger partial charge in [-0.05, 0) is 44.6 Å². The lowest BCUT2D eigenvalue weighted by Crippen LogP contribution is -2.55. The molecule has 2 N–H and O–H groups in total. The Morgan fingerprint density at radius 2 is 2.04 bits per heavy atom. The van der Waals surface area contributed by atoms with Gasteiger partial charge in [0, 0.05) is 24.2 Å². The highest BCUT2D eigenvalue weighted by atomic mass is 16.6. The Balaban J connectivity index is 1.58. The van der Waals surface area contributed by atoms with Crippen molar-refractivity contribution in [3.8, 4) is 0 Å². The summed E-state index contributed by atoms with van der Waals surface area (Å²) in [6, 6.07) is 4.76. The summed E-state index contributed by atoms with van der Waals surface area (Å²) in [5.74, 6) is -0.692. The van der Waals surface area contributed by atoms with E-state index in [1.165, 1.54) is 6.07 Å². The number of carbonyl (C=O) groups excluding carboxylic acids is 1. The van der Waals surface area contributed by atoms with E-state index in [2.05, 4.69) is 5.32 Å². The van der Waals surface area contributed by atoms with Gasteiger partial charge in [0.2, 0.25) is 0 Å². The number of nitro groups is 1. The third-order valence-electron chi connectivity index (χ3n) is 5.16. The molecule has 0 spiro atoms. The molecule has 0 aliphatic heterocycles. The Labute approximate surface area is 151 Å². The van der Waals surface area contributed by atoms with Crippen molar-refractivity contribution in [2.75, 3.05) is 13.1 Å². The normalized spacial score (nSPS) is 21.9. The number of nitrogens with one attached hydrogen (secondary N) is 1. The van der Waals surface area contributed by atoms with Gasteiger partial charge >= 0.3 is 5.97 Å². The molecule has 1 amide bonds. The molecular weight excluding hydrogens is 338 g/mol. The van der Waals surface area contributed by atoms with Gasteiger partial charge in [0.1, 0.15) is 5.56 Å². The molecule has 0 unspecified atom stereocenters. The molecule has 2 saturated carbocycles. The van der Waals surface area contributed by atoms with Crippen molar-refractivity contribution in [2.24, 2.45) is 5.92 Å². The van der Waals surface area contributed by atoms with Gasteiger partial charge in [0.15, 0.2) is 0 Å². The fraction of sp³-hybridized carbons (Fsp3) is 0.556. The minimum atomic E-state index is -0.839. The van der Waals surface area contributed by atoms with Crippen molar-refractivity contribution in [1.29, 1.82) is 0 Å². The van der Waals surface area contributed by atoms with Crippen LogP contribution in [-0.2, 0) is 4.79 Å². The number of rotatable bonds is 8. The van der Waals surface area contributed by atoms with Crippen LogP contribution in [0.15, 0.2) is 18.2 Å². The summed E-state index contributed by atoms with van der Waals surface area (Å²) >= 11 is 0. The predicted octanol–water partition coefficient (Wildman–Crippen LogP) is 1.96. The van der Waals surface area contributed by atoms with Crippen molar-refractivity contribution in [3.63, 3.8) is 0 Å². The molecule has 2 aliphatic rings.